The molecule has 2 aliphatic rings. The molecule has 2 N–H and O–H groups in total. The first-order valence-electron chi connectivity index (χ1n) is 5.07. The van der Waals surface area contributed by atoms with Crippen LogP contribution >= 0.6 is 31.9 Å². The summed E-state index contributed by atoms with van der Waals surface area (Å²) in [5, 5.41) is 0.156. The first kappa shape index (κ1) is 11.8. The maximum atomic E-state index is 11.7. The number of nitrogens with one attached hydrogen (secondary N) is 2. The summed E-state index contributed by atoms with van der Waals surface area (Å²) in [6, 6.07) is -0.529. The van der Waals surface area contributed by atoms with Crippen molar-refractivity contribution in [2.45, 2.75) is 12.1 Å². The van der Waals surface area contributed by atoms with Crippen LogP contribution in [0.5, 0.6) is 0 Å². The highest BCUT2D eigenvalue weighted by atomic mass is 79.9. The number of fused-ring (bicyclic) bond motifs is 2. The molecular formula is C10H6Br2N4O2. The van der Waals surface area contributed by atoms with E-state index in [-0.39, 0.29) is 22.9 Å². The van der Waals surface area contributed by atoms with Crippen molar-refractivity contribution in [3.05, 3.63) is 52.8 Å². The van der Waals surface area contributed by atoms with Gasteiger partial charge in [0, 0.05) is 8.96 Å². The van der Waals surface area contributed by atoms with Crippen molar-refractivity contribution in [2.24, 2.45) is 9.98 Å². The van der Waals surface area contributed by atoms with Gasteiger partial charge in [-0.25, -0.2) is 4.79 Å². The Kier molecular flexibility index (Phi) is 2.70. The van der Waals surface area contributed by atoms with Gasteiger partial charge in [-0.1, -0.05) is 31.9 Å². The normalized spacial score (nSPS) is 25.0. The number of allylic oxidation sites excluding steroid dienone is 2. The van der Waals surface area contributed by atoms with E-state index in [1.807, 2.05) is 12.2 Å². The van der Waals surface area contributed by atoms with Crippen LogP contribution in [0.4, 0.5) is 0 Å². The van der Waals surface area contributed by atoms with Gasteiger partial charge in [-0.15, -0.1) is 0 Å². The number of nitrogens with zero attached hydrogens (tertiary/aromatic N) is 2. The van der Waals surface area contributed by atoms with Gasteiger partial charge in [0.05, 0.1) is 0 Å². The van der Waals surface area contributed by atoms with Gasteiger partial charge in [-0.2, -0.15) is 0 Å². The first-order chi connectivity index (χ1) is 8.56. The molecule has 6 nitrogen and oxygen atoms in total. The zero-order valence-corrected chi connectivity index (χ0v) is 11.9. The highest BCUT2D eigenvalue weighted by Crippen LogP contribution is 2.31. The van der Waals surface area contributed by atoms with E-state index >= 15 is 0 Å². The fraction of sp³-hybridized carbons (Fsp3) is 0.200. The molecule has 0 saturated heterocycles. The minimum atomic E-state index is -0.582. The molecule has 2 heterocycles. The van der Waals surface area contributed by atoms with E-state index in [1.54, 1.807) is 0 Å². The molecule has 2 atom stereocenters. The zero-order chi connectivity index (χ0) is 12.9. The van der Waals surface area contributed by atoms with E-state index in [2.05, 4.69) is 51.8 Å². The summed E-state index contributed by atoms with van der Waals surface area (Å²) in [4.78, 5) is 36.2. The van der Waals surface area contributed by atoms with E-state index < -0.39 is 11.2 Å². The third-order valence-corrected chi connectivity index (χ3v) is 4.17. The summed E-state index contributed by atoms with van der Waals surface area (Å²) in [7, 11) is 0. The van der Waals surface area contributed by atoms with Gasteiger partial charge in [-0.05, 0) is 12.2 Å². The number of aromatic nitrogens is 2. The molecule has 1 aliphatic carbocycles. The molecule has 1 aliphatic heterocycles. The Balaban J connectivity index is 2.37. The van der Waals surface area contributed by atoms with Crippen molar-refractivity contribution >= 4 is 31.9 Å². The molecule has 8 heteroatoms. The van der Waals surface area contributed by atoms with Crippen LogP contribution in [0.1, 0.15) is 0 Å². The highest BCUT2D eigenvalue weighted by molar-refractivity contribution is 9.12. The van der Waals surface area contributed by atoms with Crippen LogP contribution in [-0.2, 0) is 0 Å². The maximum absolute atomic E-state index is 11.7. The van der Waals surface area contributed by atoms with Gasteiger partial charge < -0.3 is 0 Å². The largest absolute Gasteiger partial charge is 0.327 e. The first-order valence-corrected chi connectivity index (χ1v) is 6.66. The molecule has 0 unspecified atom stereocenters. The van der Waals surface area contributed by atoms with E-state index in [0.29, 0.717) is 0 Å². The topological polar surface area (TPSA) is 90.4 Å². The Hall–Kier alpha value is -1.28. The van der Waals surface area contributed by atoms with Crippen LogP contribution in [0.15, 0.2) is 40.7 Å². The minimum absolute atomic E-state index is 0.156. The predicted octanol–water partition coefficient (Wildman–Crippen LogP) is -0.376. The lowest BCUT2D eigenvalue weighted by atomic mass is 10.0. The SMILES string of the molecule is O=c1[nH]c(=O)c2c([nH]1)=N[C@@H]1C(Br)=CC=C(Br)[C@H]1N=2. The van der Waals surface area contributed by atoms with Crippen LogP contribution in [0.3, 0.4) is 0 Å². The van der Waals surface area contributed by atoms with Crippen LogP contribution < -0.4 is 22.1 Å². The summed E-state index contributed by atoms with van der Waals surface area (Å²) in [5.74, 6) is 0. The fourth-order valence-corrected chi connectivity index (χ4v) is 2.85. The van der Waals surface area contributed by atoms with Gasteiger partial charge in [0.1, 0.15) is 12.1 Å². The average molecular weight is 374 g/mol. The number of H-pyrrole nitrogens is 2. The molecular weight excluding hydrogens is 368 g/mol. The average Bonchev–Trinajstić information content (AvgIpc) is 2.32. The highest BCUT2D eigenvalue weighted by Gasteiger charge is 2.30. The van der Waals surface area contributed by atoms with Crippen molar-refractivity contribution < 1.29 is 0 Å². The standard InChI is InChI=1S/C10H6Br2N4O2/c11-3-1-2-4(12)6-5(3)13-7-8(14-6)15-10(18)16-9(7)17/h1-2,5-6H,(H2,14,15,16,17,18)/t5-,6-/m1/s1. The lowest BCUT2D eigenvalue weighted by Gasteiger charge is -2.25. The lowest BCUT2D eigenvalue weighted by Crippen LogP contribution is -2.53. The molecule has 0 spiro atoms. The Morgan fingerprint density at radius 2 is 1.61 bits per heavy atom. The molecule has 92 valence electrons. The second-order valence-electron chi connectivity index (χ2n) is 3.86. The van der Waals surface area contributed by atoms with Crippen molar-refractivity contribution in [3.63, 3.8) is 0 Å². The van der Waals surface area contributed by atoms with Crippen molar-refractivity contribution in [3.8, 4) is 0 Å². The number of hydrogen-bond donors (Lipinski definition) is 2. The number of rotatable bonds is 0. The molecule has 1 aromatic rings. The molecule has 0 saturated carbocycles. The van der Waals surface area contributed by atoms with Crippen LogP contribution in [0, 0.1) is 0 Å². The Morgan fingerprint density at radius 1 is 1.00 bits per heavy atom. The predicted molar refractivity (Wildman–Crippen MR) is 71.6 cm³/mol. The van der Waals surface area contributed by atoms with Crippen molar-refractivity contribution in [2.75, 3.05) is 0 Å². The lowest BCUT2D eigenvalue weighted by molar-refractivity contribution is 0.616. The summed E-state index contributed by atoms with van der Waals surface area (Å²) in [6.45, 7) is 0. The summed E-state index contributed by atoms with van der Waals surface area (Å²) in [5.41, 5.74) is -0.888. The summed E-state index contributed by atoms with van der Waals surface area (Å²) in [6.07, 6.45) is 3.72. The van der Waals surface area contributed by atoms with Gasteiger partial charge in [-0.3, -0.25) is 24.7 Å². The molecule has 0 bridgehead atoms. The van der Waals surface area contributed by atoms with E-state index in [4.69, 9.17) is 0 Å². The molecule has 3 rings (SSSR count). The van der Waals surface area contributed by atoms with Gasteiger partial charge in [0.15, 0.2) is 10.8 Å². The summed E-state index contributed by atoms with van der Waals surface area (Å²) < 4.78 is 1.70. The number of hydrogen-bond acceptors (Lipinski definition) is 4. The minimum Gasteiger partial charge on any atom is -0.290 e. The Labute approximate surface area is 117 Å². The van der Waals surface area contributed by atoms with Crippen LogP contribution in [0.25, 0.3) is 0 Å². The van der Waals surface area contributed by atoms with Crippen molar-refractivity contribution in [1.29, 1.82) is 0 Å². The van der Waals surface area contributed by atoms with Crippen LogP contribution in [0.2, 0.25) is 0 Å². The molecule has 1 aromatic heterocycles. The fourth-order valence-electron chi connectivity index (χ4n) is 1.88. The second-order valence-corrected chi connectivity index (χ2v) is 5.69. The Bertz CT molecular complexity index is 818. The molecule has 0 fully saturated rings. The quantitative estimate of drug-likeness (QED) is 0.649. The van der Waals surface area contributed by atoms with E-state index in [1.165, 1.54) is 0 Å². The van der Waals surface area contributed by atoms with E-state index in [9.17, 15) is 9.59 Å². The smallest absolute Gasteiger partial charge is 0.290 e. The van der Waals surface area contributed by atoms with Gasteiger partial charge in [0.2, 0.25) is 0 Å². The molecule has 0 radical (unpaired) electrons. The zero-order valence-electron chi connectivity index (χ0n) is 8.78. The monoisotopic (exact) mass is 372 g/mol. The van der Waals surface area contributed by atoms with Gasteiger partial charge >= 0.3 is 5.69 Å². The Morgan fingerprint density at radius 3 is 2.28 bits per heavy atom. The molecule has 0 aromatic carbocycles. The van der Waals surface area contributed by atoms with Crippen LogP contribution in [-0.4, -0.2) is 22.1 Å². The number of halogens is 2. The second kappa shape index (κ2) is 4.13. The summed E-state index contributed by atoms with van der Waals surface area (Å²) >= 11 is 6.82. The third kappa shape index (κ3) is 1.76. The number of aromatic amines is 2. The third-order valence-electron chi connectivity index (χ3n) is 2.70. The molecule has 0 amide bonds. The van der Waals surface area contributed by atoms with E-state index in [0.717, 1.165) is 8.96 Å². The van der Waals surface area contributed by atoms with Gasteiger partial charge in [0.25, 0.3) is 5.56 Å². The van der Waals surface area contributed by atoms with Crippen molar-refractivity contribution in [1.82, 2.24) is 9.97 Å². The molecule has 18 heavy (non-hydrogen) atoms. The maximum Gasteiger partial charge on any atom is 0.327 e.